The number of benzene rings is 1. The fraction of sp³-hybridized carbons (Fsp3) is 0.353. The summed E-state index contributed by atoms with van der Waals surface area (Å²) >= 11 is 5.70. The quantitative estimate of drug-likeness (QED) is 0.759. The van der Waals surface area contributed by atoms with E-state index in [-0.39, 0.29) is 22.0 Å². The highest BCUT2D eigenvalue weighted by molar-refractivity contribution is 6.31. The summed E-state index contributed by atoms with van der Waals surface area (Å²) in [5.74, 6) is -0.563. The molecule has 1 aromatic heterocycles. The van der Waals surface area contributed by atoms with Gasteiger partial charge in [0.25, 0.3) is 0 Å². The van der Waals surface area contributed by atoms with Crippen molar-refractivity contribution in [2.75, 3.05) is 13.7 Å². The smallest absolute Gasteiger partial charge is 0.424 e. The second kappa shape index (κ2) is 8.66. The van der Waals surface area contributed by atoms with Gasteiger partial charge in [-0.05, 0) is 30.3 Å². The normalized spacial score (nSPS) is 13.5. The molecular formula is C17H19ClF4N2O2. The van der Waals surface area contributed by atoms with E-state index in [4.69, 9.17) is 22.1 Å². The highest BCUT2D eigenvalue weighted by Crippen LogP contribution is 2.40. The number of methoxy groups -OCH3 is 1. The van der Waals surface area contributed by atoms with Gasteiger partial charge in [-0.3, -0.25) is 0 Å². The minimum atomic E-state index is -5.03. The lowest BCUT2D eigenvalue weighted by Crippen LogP contribution is -2.48. The second-order valence-corrected chi connectivity index (χ2v) is 5.35. The van der Waals surface area contributed by atoms with Gasteiger partial charge in [0, 0.05) is 12.1 Å². The zero-order chi connectivity index (χ0) is 20.1. The predicted octanol–water partition coefficient (Wildman–Crippen LogP) is 4.28. The van der Waals surface area contributed by atoms with Gasteiger partial charge in [0.2, 0.25) is 5.60 Å². The van der Waals surface area contributed by atoms with E-state index in [1.807, 2.05) is 13.8 Å². The molecule has 1 aromatic carbocycles. The number of pyridine rings is 1. The van der Waals surface area contributed by atoms with Crippen LogP contribution in [-0.2, 0) is 5.60 Å². The van der Waals surface area contributed by atoms with Gasteiger partial charge in [0.05, 0.1) is 17.8 Å². The summed E-state index contributed by atoms with van der Waals surface area (Å²) in [6.07, 6.45) is -5.03. The molecule has 0 saturated heterocycles. The average molecular weight is 395 g/mol. The number of rotatable bonds is 4. The van der Waals surface area contributed by atoms with E-state index in [0.717, 1.165) is 12.1 Å². The first kappa shape index (κ1) is 22.1. The first-order chi connectivity index (χ1) is 12.1. The van der Waals surface area contributed by atoms with Crippen LogP contribution in [0.2, 0.25) is 5.02 Å². The fourth-order valence-corrected chi connectivity index (χ4v) is 2.24. The highest BCUT2D eigenvalue weighted by Gasteiger charge is 2.55. The summed E-state index contributed by atoms with van der Waals surface area (Å²) in [6, 6.07) is 5.70. The summed E-state index contributed by atoms with van der Waals surface area (Å²) in [6.45, 7) is 2.89. The number of hydrogen-bond acceptors (Lipinski definition) is 4. The summed E-state index contributed by atoms with van der Waals surface area (Å²) in [5, 5.41) is 9.69. The van der Waals surface area contributed by atoms with Gasteiger partial charge in [0.1, 0.15) is 17.3 Å². The molecule has 26 heavy (non-hydrogen) atoms. The molecule has 144 valence electrons. The Morgan fingerprint density at radius 2 is 1.81 bits per heavy atom. The topological polar surface area (TPSA) is 68.4 Å². The van der Waals surface area contributed by atoms with Crippen LogP contribution in [0, 0.1) is 5.82 Å². The molecule has 3 N–H and O–H groups in total. The summed E-state index contributed by atoms with van der Waals surface area (Å²) < 4.78 is 57.8. The molecule has 0 radical (unpaired) electrons. The molecule has 0 aliphatic carbocycles. The highest BCUT2D eigenvalue weighted by atomic mass is 35.5. The van der Waals surface area contributed by atoms with Crippen LogP contribution in [0.5, 0.6) is 5.75 Å². The van der Waals surface area contributed by atoms with E-state index in [9.17, 15) is 22.7 Å². The molecule has 1 atom stereocenters. The Morgan fingerprint density at radius 3 is 2.27 bits per heavy atom. The summed E-state index contributed by atoms with van der Waals surface area (Å²) in [5.41, 5.74) is 1.28. The maximum atomic E-state index is 13.3. The zero-order valence-electron chi connectivity index (χ0n) is 14.4. The Labute approximate surface area is 153 Å². The third kappa shape index (κ3) is 4.25. The third-order valence-corrected chi connectivity index (χ3v) is 3.75. The Balaban J connectivity index is 0.00000163. The molecular weight excluding hydrogens is 376 g/mol. The van der Waals surface area contributed by atoms with Crippen LogP contribution in [0.25, 0.3) is 11.3 Å². The number of alkyl halides is 3. The minimum Gasteiger partial charge on any atom is -0.494 e. The van der Waals surface area contributed by atoms with Crippen molar-refractivity contribution in [2.45, 2.75) is 25.6 Å². The van der Waals surface area contributed by atoms with Crippen LogP contribution in [0.15, 0.2) is 30.3 Å². The van der Waals surface area contributed by atoms with Crippen LogP contribution in [0.4, 0.5) is 17.6 Å². The Hall–Kier alpha value is -1.90. The van der Waals surface area contributed by atoms with Crippen LogP contribution in [0.1, 0.15) is 19.5 Å². The summed E-state index contributed by atoms with van der Waals surface area (Å²) in [4.78, 5) is 3.84. The molecule has 9 heteroatoms. The summed E-state index contributed by atoms with van der Waals surface area (Å²) in [7, 11) is 1.30. The maximum Gasteiger partial charge on any atom is 0.424 e. The predicted molar refractivity (Wildman–Crippen MR) is 91.5 cm³/mol. The first-order valence-corrected chi connectivity index (χ1v) is 8.02. The van der Waals surface area contributed by atoms with Gasteiger partial charge in [-0.1, -0.05) is 25.4 Å². The van der Waals surface area contributed by atoms with Crippen molar-refractivity contribution < 1.29 is 27.4 Å². The molecule has 2 aromatic rings. The van der Waals surface area contributed by atoms with E-state index in [0.29, 0.717) is 0 Å². The fourth-order valence-electron chi connectivity index (χ4n) is 2.06. The number of aliphatic hydroxyl groups is 1. The van der Waals surface area contributed by atoms with Gasteiger partial charge in [-0.15, -0.1) is 0 Å². The van der Waals surface area contributed by atoms with Crippen molar-refractivity contribution in [3.05, 3.63) is 46.9 Å². The monoisotopic (exact) mass is 394 g/mol. The van der Waals surface area contributed by atoms with Crippen LogP contribution in [-0.4, -0.2) is 29.9 Å². The number of hydrogen-bond donors (Lipinski definition) is 2. The van der Waals surface area contributed by atoms with Crippen LogP contribution < -0.4 is 10.5 Å². The second-order valence-electron chi connectivity index (χ2n) is 4.94. The van der Waals surface area contributed by atoms with Gasteiger partial charge in [-0.25, -0.2) is 9.37 Å². The lowest BCUT2D eigenvalue weighted by Gasteiger charge is -2.29. The van der Waals surface area contributed by atoms with E-state index in [1.165, 1.54) is 25.3 Å². The molecule has 0 bridgehead atoms. The SMILES string of the molecule is CC.COc1ccc(C(O)(CN)C(F)(F)F)nc1-c1ccc(F)c(Cl)c1. The molecule has 0 saturated carbocycles. The number of nitrogens with zero attached hydrogens (tertiary/aromatic N) is 1. The van der Waals surface area contributed by atoms with Gasteiger partial charge < -0.3 is 15.6 Å². The standard InChI is InChI=1S/C15H13ClF4N2O2.C2H6/c1-24-11-4-5-12(14(23,7-21)15(18,19)20)22-13(11)8-2-3-10(17)9(16)6-8;1-2/h2-6,23H,7,21H2,1H3;1-2H3. The Kier molecular flexibility index (Phi) is 7.37. The number of ether oxygens (including phenoxy) is 1. The maximum absolute atomic E-state index is 13.3. The van der Waals surface area contributed by atoms with Gasteiger partial charge in [0.15, 0.2) is 0 Å². The molecule has 0 amide bonds. The van der Waals surface area contributed by atoms with Crippen molar-refractivity contribution in [3.63, 3.8) is 0 Å². The molecule has 0 fully saturated rings. The average Bonchev–Trinajstić information content (AvgIpc) is 2.63. The van der Waals surface area contributed by atoms with Crippen molar-refractivity contribution in [2.24, 2.45) is 5.73 Å². The largest absolute Gasteiger partial charge is 0.494 e. The molecule has 4 nitrogen and oxygen atoms in total. The first-order valence-electron chi connectivity index (χ1n) is 7.64. The van der Waals surface area contributed by atoms with Gasteiger partial charge in [-0.2, -0.15) is 13.2 Å². The van der Waals surface area contributed by atoms with Crippen LogP contribution >= 0.6 is 11.6 Å². The van der Waals surface area contributed by atoms with E-state index >= 15 is 0 Å². The molecule has 0 aliphatic heterocycles. The third-order valence-electron chi connectivity index (χ3n) is 3.46. The zero-order valence-corrected chi connectivity index (χ0v) is 15.1. The van der Waals surface area contributed by atoms with Crippen molar-refractivity contribution in [3.8, 4) is 17.0 Å². The van der Waals surface area contributed by atoms with Gasteiger partial charge >= 0.3 is 6.18 Å². The van der Waals surface area contributed by atoms with Crippen LogP contribution in [0.3, 0.4) is 0 Å². The van der Waals surface area contributed by atoms with Crippen molar-refractivity contribution in [1.29, 1.82) is 0 Å². The molecule has 1 unspecified atom stereocenters. The molecule has 1 heterocycles. The lowest BCUT2D eigenvalue weighted by atomic mass is 9.97. The number of aromatic nitrogens is 1. The number of nitrogens with two attached hydrogens (primary N) is 1. The number of halogens is 5. The molecule has 0 spiro atoms. The van der Waals surface area contributed by atoms with Crippen molar-refractivity contribution in [1.82, 2.24) is 4.98 Å². The molecule has 2 rings (SSSR count). The van der Waals surface area contributed by atoms with E-state index < -0.39 is 29.8 Å². The van der Waals surface area contributed by atoms with E-state index in [1.54, 1.807) is 0 Å². The molecule has 0 aliphatic rings. The van der Waals surface area contributed by atoms with Crippen molar-refractivity contribution >= 4 is 11.6 Å². The van der Waals surface area contributed by atoms with E-state index in [2.05, 4.69) is 4.98 Å². The Morgan fingerprint density at radius 1 is 1.19 bits per heavy atom. The minimum absolute atomic E-state index is 0.0342. The lowest BCUT2D eigenvalue weighted by molar-refractivity contribution is -0.263. The Bertz CT molecular complexity index is 756.